The van der Waals surface area contributed by atoms with E-state index in [1.54, 1.807) is 6.07 Å². The molecule has 1 unspecified atom stereocenters. The highest BCUT2D eigenvalue weighted by Crippen LogP contribution is 2.39. The van der Waals surface area contributed by atoms with Crippen molar-refractivity contribution in [2.45, 2.75) is 45.1 Å². The second-order valence-electron chi connectivity index (χ2n) is 5.47. The van der Waals surface area contributed by atoms with E-state index in [0.29, 0.717) is 12.1 Å². The van der Waals surface area contributed by atoms with Gasteiger partial charge >= 0.3 is 0 Å². The molecule has 0 aliphatic carbocycles. The van der Waals surface area contributed by atoms with Gasteiger partial charge in [0.05, 0.1) is 16.6 Å². The number of carbonyl (C=O) groups is 1. The number of hydrogen-bond donors (Lipinski definition) is 1. The van der Waals surface area contributed by atoms with Gasteiger partial charge < -0.3 is 5.32 Å². The van der Waals surface area contributed by atoms with Crippen LogP contribution in [0.15, 0.2) is 12.1 Å². The third kappa shape index (κ3) is 1.59. The smallest absolute Gasteiger partial charge is 0.232 e. The Morgan fingerprint density at radius 2 is 2.06 bits per heavy atom. The summed E-state index contributed by atoms with van der Waals surface area (Å²) in [6.07, 6.45) is 0.657. The summed E-state index contributed by atoms with van der Waals surface area (Å²) in [4.78, 5) is 16.7. The Balaban J connectivity index is 2.75. The minimum Gasteiger partial charge on any atom is -0.346 e. The Morgan fingerprint density at radius 1 is 1.39 bits per heavy atom. The highest BCUT2D eigenvalue weighted by atomic mass is 16.2. The molecule has 0 saturated heterocycles. The Bertz CT molecular complexity index is 557. The molecule has 1 aromatic rings. The zero-order valence-electron chi connectivity index (χ0n) is 11.2. The van der Waals surface area contributed by atoms with Gasteiger partial charge in [0, 0.05) is 0 Å². The number of amides is 1. The van der Waals surface area contributed by atoms with Gasteiger partial charge in [-0.2, -0.15) is 5.26 Å². The normalized spacial score (nSPS) is 24.9. The molecule has 1 aliphatic heterocycles. The molecule has 4 heteroatoms. The fraction of sp³-hybridized carbons (Fsp3) is 0.500. The summed E-state index contributed by atoms with van der Waals surface area (Å²) in [5, 5.41) is 12.0. The molecule has 1 aromatic heterocycles. The largest absolute Gasteiger partial charge is 0.346 e. The van der Waals surface area contributed by atoms with Crippen molar-refractivity contribution >= 4 is 5.91 Å². The van der Waals surface area contributed by atoms with E-state index in [1.807, 2.05) is 39.8 Å². The Labute approximate surface area is 107 Å². The van der Waals surface area contributed by atoms with Crippen LogP contribution in [0, 0.1) is 11.3 Å². The summed E-state index contributed by atoms with van der Waals surface area (Å²) in [6.45, 7) is 7.74. The highest BCUT2D eigenvalue weighted by molar-refractivity contribution is 5.90. The van der Waals surface area contributed by atoms with E-state index in [-0.39, 0.29) is 5.91 Å². The standard InChI is InChI=1S/C14H17N3O/c1-5-14(4)11-10(7-6-9(8-15)16-11)13(2,3)17-12(14)18/h6-7H,5H2,1-4H3,(H,17,18). The van der Waals surface area contributed by atoms with Gasteiger partial charge in [-0.15, -0.1) is 0 Å². The number of pyridine rings is 1. The first-order chi connectivity index (χ1) is 8.35. The molecule has 0 radical (unpaired) electrons. The van der Waals surface area contributed by atoms with E-state index in [1.165, 1.54) is 0 Å². The molecule has 18 heavy (non-hydrogen) atoms. The van der Waals surface area contributed by atoms with Crippen molar-refractivity contribution in [1.82, 2.24) is 10.3 Å². The van der Waals surface area contributed by atoms with Crippen LogP contribution in [0.3, 0.4) is 0 Å². The summed E-state index contributed by atoms with van der Waals surface area (Å²) in [5.74, 6) is -0.0231. The van der Waals surface area contributed by atoms with Gasteiger partial charge in [0.15, 0.2) is 0 Å². The summed E-state index contributed by atoms with van der Waals surface area (Å²) < 4.78 is 0. The minimum absolute atomic E-state index is 0.0231. The van der Waals surface area contributed by atoms with Crippen LogP contribution in [0.4, 0.5) is 0 Å². The van der Waals surface area contributed by atoms with Gasteiger partial charge in [-0.05, 0) is 38.8 Å². The molecular formula is C14H17N3O. The predicted octanol–water partition coefficient (Wildman–Crippen LogP) is 1.99. The maximum Gasteiger partial charge on any atom is 0.232 e. The quantitative estimate of drug-likeness (QED) is 0.820. The van der Waals surface area contributed by atoms with Gasteiger partial charge in [0.25, 0.3) is 0 Å². The molecule has 1 amide bonds. The molecule has 0 saturated carbocycles. The van der Waals surface area contributed by atoms with Crippen molar-refractivity contribution in [3.05, 3.63) is 29.1 Å². The molecule has 0 fully saturated rings. The zero-order chi connectivity index (χ0) is 13.6. The first kappa shape index (κ1) is 12.6. The highest BCUT2D eigenvalue weighted by Gasteiger charge is 2.46. The summed E-state index contributed by atoms with van der Waals surface area (Å²) in [6, 6.07) is 5.64. The van der Waals surface area contributed by atoms with Crippen LogP contribution >= 0.6 is 0 Å². The van der Waals surface area contributed by atoms with Crippen molar-refractivity contribution in [2.24, 2.45) is 0 Å². The van der Waals surface area contributed by atoms with Crippen LogP contribution in [0.1, 0.15) is 51.1 Å². The SMILES string of the molecule is CCC1(C)C(=O)NC(C)(C)c2ccc(C#N)nc21. The van der Waals surface area contributed by atoms with E-state index in [9.17, 15) is 4.79 Å². The second kappa shape index (κ2) is 3.81. The summed E-state index contributed by atoms with van der Waals surface area (Å²) in [7, 11) is 0. The lowest BCUT2D eigenvalue weighted by Gasteiger charge is -2.41. The van der Waals surface area contributed by atoms with Crippen molar-refractivity contribution < 1.29 is 4.79 Å². The number of fused-ring (bicyclic) bond motifs is 1. The van der Waals surface area contributed by atoms with E-state index in [2.05, 4.69) is 10.3 Å². The Morgan fingerprint density at radius 3 is 2.61 bits per heavy atom. The molecule has 0 spiro atoms. The molecule has 0 bridgehead atoms. The molecule has 1 N–H and O–H groups in total. The van der Waals surface area contributed by atoms with Crippen LogP contribution in [-0.4, -0.2) is 10.9 Å². The monoisotopic (exact) mass is 243 g/mol. The number of nitrogens with zero attached hydrogens (tertiary/aromatic N) is 2. The third-order valence-corrected chi connectivity index (χ3v) is 3.84. The van der Waals surface area contributed by atoms with E-state index in [4.69, 9.17) is 5.26 Å². The number of aromatic nitrogens is 1. The number of rotatable bonds is 1. The minimum atomic E-state index is -0.655. The van der Waals surface area contributed by atoms with Crippen LogP contribution in [-0.2, 0) is 15.7 Å². The summed E-state index contributed by atoms with van der Waals surface area (Å²) in [5.41, 5.74) is 0.988. The number of carbonyl (C=O) groups excluding carboxylic acids is 1. The number of hydrogen-bond acceptors (Lipinski definition) is 3. The van der Waals surface area contributed by atoms with Gasteiger partial charge in [0.1, 0.15) is 11.8 Å². The van der Waals surface area contributed by atoms with Crippen molar-refractivity contribution in [1.29, 1.82) is 5.26 Å². The fourth-order valence-electron chi connectivity index (χ4n) is 2.37. The predicted molar refractivity (Wildman–Crippen MR) is 67.8 cm³/mol. The maximum absolute atomic E-state index is 12.3. The molecule has 94 valence electrons. The van der Waals surface area contributed by atoms with Crippen molar-refractivity contribution in [3.8, 4) is 6.07 Å². The summed E-state index contributed by atoms with van der Waals surface area (Å²) >= 11 is 0. The molecular weight excluding hydrogens is 226 g/mol. The third-order valence-electron chi connectivity index (χ3n) is 3.84. The number of nitriles is 1. The van der Waals surface area contributed by atoms with Crippen molar-refractivity contribution in [2.75, 3.05) is 0 Å². The van der Waals surface area contributed by atoms with Crippen LogP contribution in [0.2, 0.25) is 0 Å². The fourth-order valence-corrected chi connectivity index (χ4v) is 2.37. The van der Waals surface area contributed by atoms with E-state index >= 15 is 0 Å². The molecule has 2 rings (SSSR count). The average Bonchev–Trinajstić information content (AvgIpc) is 2.35. The first-order valence-corrected chi connectivity index (χ1v) is 6.10. The lowest BCUT2D eigenvalue weighted by atomic mass is 9.72. The lowest BCUT2D eigenvalue weighted by Crippen LogP contribution is -2.56. The van der Waals surface area contributed by atoms with Gasteiger partial charge in [-0.3, -0.25) is 4.79 Å². The molecule has 4 nitrogen and oxygen atoms in total. The first-order valence-electron chi connectivity index (χ1n) is 6.10. The van der Waals surface area contributed by atoms with Crippen LogP contribution in [0.25, 0.3) is 0 Å². The van der Waals surface area contributed by atoms with Gasteiger partial charge in [0.2, 0.25) is 5.91 Å². The molecule has 1 aliphatic rings. The second-order valence-corrected chi connectivity index (χ2v) is 5.47. The number of nitrogens with one attached hydrogen (secondary N) is 1. The molecule has 0 aromatic carbocycles. The van der Waals surface area contributed by atoms with Crippen LogP contribution < -0.4 is 5.32 Å². The van der Waals surface area contributed by atoms with Gasteiger partial charge in [-0.1, -0.05) is 13.0 Å². The Hall–Kier alpha value is -1.89. The maximum atomic E-state index is 12.3. The van der Waals surface area contributed by atoms with Gasteiger partial charge in [-0.25, -0.2) is 4.98 Å². The van der Waals surface area contributed by atoms with E-state index in [0.717, 1.165) is 11.3 Å². The molecule has 1 atom stereocenters. The van der Waals surface area contributed by atoms with E-state index < -0.39 is 11.0 Å². The molecule has 2 heterocycles. The lowest BCUT2D eigenvalue weighted by molar-refractivity contribution is -0.129. The zero-order valence-corrected chi connectivity index (χ0v) is 11.2. The topological polar surface area (TPSA) is 65.8 Å². The average molecular weight is 243 g/mol. The van der Waals surface area contributed by atoms with Crippen LogP contribution in [0.5, 0.6) is 0 Å². The van der Waals surface area contributed by atoms with Crippen molar-refractivity contribution in [3.63, 3.8) is 0 Å². The Kier molecular flexibility index (Phi) is 2.66.